The van der Waals surface area contributed by atoms with Crippen molar-refractivity contribution in [2.24, 2.45) is 0 Å². The van der Waals surface area contributed by atoms with Gasteiger partial charge >= 0.3 is 23.9 Å². The minimum atomic E-state index is -1.31. The van der Waals surface area contributed by atoms with Gasteiger partial charge in [0.15, 0.2) is 0 Å². The van der Waals surface area contributed by atoms with E-state index in [0.717, 1.165) is 12.1 Å². The topological polar surface area (TPSA) is 168 Å². The molecule has 0 heterocycles. The molecule has 3 aromatic rings. The lowest BCUT2D eigenvalue weighted by atomic mass is 9.93. The van der Waals surface area contributed by atoms with Crippen LogP contribution in [-0.2, 0) is 0 Å². The summed E-state index contributed by atoms with van der Waals surface area (Å²) in [5.74, 6) is -4.75. The van der Waals surface area contributed by atoms with Crippen LogP contribution in [0.5, 0.6) is 11.5 Å². The van der Waals surface area contributed by atoms with Gasteiger partial charge in [0.25, 0.3) is 0 Å². The van der Waals surface area contributed by atoms with E-state index in [9.17, 15) is 39.6 Å². The Morgan fingerprint density at radius 2 is 0.825 bits per heavy atom. The van der Waals surface area contributed by atoms with Crippen molar-refractivity contribution in [1.29, 1.82) is 0 Å². The van der Waals surface area contributed by atoms with Crippen LogP contribution in [0.25, 0.3) is 22.3 Å². The SMILES string of the molecule is CC[C@@H](C)Oc1cc(-c2cc(C(=O)O)cc(C(=O)O)c2)c(O[C@H](C)CC)cc1-c1cc(C(=O)O)cc(C(=O)O)c1. The lowest BCUT2D eigenvalue weighted by Crippen LogP contribution is -2.13. The predicted octanol–water partition coefficient (Wildman–Crippen LogP) is 6.17. The molecule has 10 nitrogen and oxygen atoms in total. The standard InChI is InChI=1S/C30H30O10/c1-5-15(3)39-25-13-24(18-9-21(29(35)36)12-22(10-18)30(37)38)26(40-16(4)6-2)14-23(25)17-7-19(27(31)32)11-20(8-17)28(33)34/h7-16H,5-6H2,1-4H3,(H,31,32)(H,33,34)(H,35,36)(H,37,38)/t15-,16-/m1/s1. The highest BCUT2D eigenvalue weighted by molar-refractivity contribution is 5.98. The average molecular weight is 551 g/mol. The van der Waals surface area contributed by atoms with Gasteiger partial charge in [0.05, 0.1) is 34.5 Å². The number of ether oxygens (including phenoxy) is 2. The van der Waals surface area contributed by atoms with Gasteiger partial charge in [0.2, 0.25) is 0 Å². The van der Waals surface area contributed by atoms with Gasteiger partial charge in [-0.25, -0.2) is 19.2 Å². The molecule has 4 N–H and O–H groups in total. The van der Waals surface area contributed by atoms with Crippen molar-refractivity contribution in [3.05, 3.63) is 70.8 Å². The molecule has 0 aliphatic rings. The molecule has 210 valence electrons. The monoisotopic (exact) mass is 550 g/mol. The molecule has 0 aliphatic heterocycles. The first-order valence-electron chi connectivity index (χ1n) is 12.6. The van der Waals surface area contributed by atoms with Crippen molar-refractivity contribution < 1.29 is 49.1 Å². The Labute approximate surface area is 230 Å². The summed E-state index contributed by atoms with van der Waals surface area (Å²) < 4.78 is 12.3. The summed E-state index contributed by atoms with van der Waals surface area (Å²) >= 11 is 0. The second-order valence-electron chi connectivity index (χ2n) is 9.34. The summed E-state index contributed by atoms with van der Waals surface area (Å²) in [5.41, 5.74) is 0.248. The lowest BCUT2D eigenvalue weighted by Gasteiger charge is -2.23. The molecular weight excluding hydrogens is 520 g/mol. The summed E-state index contributed by atoms with van der Waals surface area (Å²) in [7, 11) is 0. The second kappa shape index (κ2) is 12.3. The molecule has 0 unspecified atom stereocenters. The number of carboxylic acids is 4. The van der Waals surface area contributed by atoms with Crippen LogP contribution in [0, 0.1) is 0 Å². The van der Waals surface area contributed by atoms with Gasteiger partial charge in [-0.05, 0) is 86.3 Å². The highest BCUT2D eigenvalue weighted by Gasteiger charge is 2.22. The van der Waals surface area contributed by atoms with E-state index in [1.54, 1.807) is 12.1 Å². The summed E-state index contributed by atoms with van der Waals surface area (Å²) in [6.45, 7) is 7.43. The van der Waals surface area contributed by atoms with E-state index in [-0.39, 0.29) is 57.1 Å². The molecule has 0 aliphatic carbocycles. The fourth-order valence-corrected chi connectivity index (χ4v) is 3.87. The quantitative estimate of drug-likeness (QED) is 0.205. The van der Waals surface area contributed by atoms with Crippen molar-refractivity contribution in [1.82, 2.24) is 0 Å². The zero-order valence-corrected chi connectivity index (χ0v) is 22.4. The van der Waals surface area contributed by atoms with Crippen LogP contribution in [-0.4, -0.2) is 56.5 Å². The smallest absolute Gasteiger partial charge is 0.335 e. The molecule has 0 bridgehead atoms. The third kappa shape index (κ3) is 6.76. The van der Waals surface area contributed by atoms with Crippen molar-refractivity contribution in [3.63, 3.8) is 0 Å². The van der Waals surface area contributed by atoms with E-state index in [0.29, 0.717) is 24.0 Å². The van der Waals surface area contributed by atoms with Crippen LogP contribution in [0.3, 0.4) is 0 Å². The van der Waals surface area contributed by atoms with Gasteiger partial charge in [-0.2, -0.15) is 0 Å². The summed E-state index contributed by atoms with van der Waals surface area (Å²) in [4.78, 5) is 47.2. The molecular formula is C30H30O10. The van der Waals surface area contributed by atoms with E-state index in [4.69, 9.17) is 9.47 Å². The third-order valence-corrected chi connectivity index (χ3v) is 6.36. The number of aromatic carboxylic acids is 4. The maximum atomic E-state index is 11.8. The van der Waals surface area contributed by atoms with Gasteiger partial charge < -0.3 is 29.9 Å². The van der Waals surface area contributed by atoms with E-state index in [1.165, 1.54) is 24.3 Å². The van der Waals surface area contributed by atoms with Crippen LogP contribution in [0.4, 0.5) is 0 Å². The fourth-order valence-electron chi connectivity index (χ4n) is 3.87. The zero-order chi connectivity index (χ0) is 29.7. The highest BCUT2D eigenvalue weighted by Crippen LogP contribution is 2.43. The van der Waals surface area contributed by atoms with E-state index >= 15 is 0 Å². The number of hydrogen-bond donors (Lipinski definition) is 4. The third-order valence-electron chi connectivity index (χ3n) is 6.36. The number of carboxylic acid groups (broad SMARTS) is 4. The fraction of sp³-hybridized carbons (Fsp3) is 0.267. The van der Waals surface area contributed by atoms with Crippen LogP contribution < -0.4 is 9.47 Å². The molecule has 3 aromatic carbocycles. The van der Waals surface area contributed by atoms with Gasteiger partial charge in [-0.3, -0.25) is 0 Å². The molecule has 0 fully saturated rings. The molecule has 0 radical (unpaired) electrons. The molecule has 10 heteroatoms. The molecule has 40 heavy (non-hydrogen) atoms. The van der Waals surface area contributed by atoms with Crippen LogP contribution >= 0.6 is 0 Å². The van der Waals surface area contributed by atoms with Gasteiger partial charge in [-0.15, -0.1) is 0 Å². The maximum Gasteiger partial charge on any atom is 0.335 e. The Bertz CT molecular complexity index is 1300. The van der Waals surface area contributed by atoms with Crippen molar-refractivity contribution in [3.8, 4) is 33.8 Å². The summed E-state index contributed by atoms with van der Waals surface area (Å²) in [5, 5.41) is 38.4. The van der Waals surface area contributed by atoms with Crippen LogP contribution in [0.1, 0.15) is 82.0 Å². The minimum absolute atomic E-state index is 0.238. The normalized spacial score (nSPS) is 12.3. The average Bonchev–Trinajstić information content (AvgIpc) is 2.92. The van der Waals surface area contributed by atoms with Crippen molar-refractivity contribution in [2.75, 3.05) is 0 Å². The second-order valence-corrected chi connectivity index (χ2v) is 9.34. The number of hydrogen-bond acceptors (Lipinski definition) is 6. The Morgan fingerprint density at radius 3 is 1.05 bits per heavy atom. The first-order valence-corrected chi connectivity index (χ1v) is 12.6. The predicted molar refractivity (Wildman–Crippen MR) is 146 cm³/mol. The van der Waals surface area contributed by atoms with Crippen molar-refractivity contribution in [2.45, 2.75) is 52.7 Å². The number of carbonyl (C=O) groups is 4. The molecule has 0 aromatic heterocycles. The highest BCUT2D eigenvalue weighted by atomic mass is 16.5. The molecule has 0 amide bonds. The maximum absolute atomic E-state index is 11.8. The Morgan fingerprint density at radius 1 is 0.550 bits per heavy atom. The molecule has 0 saturated heterocycles. The Kier molecular flexibility index (Phi) is 9.15. The Balaban J connectivity index is 2.42. The van der Waals surface area contributed by atoms with Gasteiger partial charge in [-0.1, -0.05) is 13.8 Å². The summed E-state index contributed by atoms with van der Waals surface area (Å²) in [6.07, 6.45) is 0.587. The lowest BCUT2D eigenvalue weighted by molar-refractivity contribution is 0.0676. The minimum Gasteiger partial charge on any atom is -0.490 e. The number of rotatable bonds is 12. The first kappa shape index (κ1) is 29.7. The molecule has 3 rings (SSSR count). The van der Waals surface area contributed by atoms with Gasteiger partial charge in [0.1, 0.15) is 11.5 Å². The molecule has 0 spiro atoms. The van der Waals surface area contributed by atoms with Crippen molar-refractivity contribution >= 4 is 23.9 Å². The van der Waals surface area contributed by atoms with E-state index in [2.05, 4.69) is 0 Å². The van der Waals surface area contributed by atoms with Crippen LogP contribution in [0.2, 0.25) is 0 Å². The molecule has 2 atom stereocenters. The summed E-state index contributed by atoms with van der Waals surface area (Å²) in [6, 6.07) is 10.6. The largest absolute Gasteiger partial charge is 0.490 e. The number of benzene rings is 3. The molecule has 0 saturated carbocycles. The van der Waals surface area contributed by atoms with E-state index in [1.807, 2.05) is 27.7 Å². The van der Waals surface area contributed by atoms with E-state index < -0.39 is 23.9 Å². The van der Waals surface area contributed by atoms with Crippen LogP contribution in [0.15, 0.2) is 48.5 Å². The van der Waals surface area contributed by atoms with Gasteiger partial charge in [0, 0.05) is 11.1 Å². The Hall–Kier alpha value is -4.86. The zero-order valence-electron chi connectivity index (χ0n) is 22.4. The first-order chi connectivity index (χ1) is 18.8.